The number of nitrogen functional groups attached to an aromatic ring is 1. The molecule has 0 radical (unpaired) electrons. The van der Waals surface area contributed by atoms with Crippen LogP contribution in [0.25, 0.3) is 0 Å². The maximum absolute atomic E-state index is 7.55. The smallest absolute Gasteiger partial charge is 0.192 e. The third-order valence-corrected chi connectivity index (χ3v) is 3.28. The topological polar surface area (TPSA) is 75.7 Å². The Balaban J connectivity index is 2.37. The van der Waals surface area contributed by atoms with E-state index < -0.39 is 0 Å². The first kappa shape index (κ1) is 12.6. The maximum atomic E-state index is 7.55. The van der Waals surface area contributed by atoms with Gasteiger partial charge < -0.3 is 5.73 Å². The molecule has 3 N–H and O–H groups in total. The summed E-state index contributed by atoms with van der Waals surface area (Å²) in [4.78, 5) is 9.64. The molecule has 0 aliphatic carbocycles. The van der Waals surface area contributed by atoms with Crippen molar-refractivity contribution in [3.8, 4) is 0 Å². The van der Waals surface area contributed by atoms with Crippen molar-refractivity contribution >= 4 is 17.6 Å². The van der Waals surface area contributed by atoms with E-state index in [1.807, 2.05) is 44.2 Å². The zero-order valence-electron chi connectivity index (χ0n) is 10.3. The van der Waals surface area contributed by atoms with Crippen LogP contribution in [-0.2, 0) is 0 Å². The van der Waals surface area contributed by atoms with Crippen molar-refractivity contribution in [2.45, 2.75) is 23.9 Å². The van der Waals surface area contributed by atoms with Crippen molar-refractivity contribution in [2.75, 3.05) is 0 Å². The summed E-state index contributed by atoms with van der Waals surface area (Å²) in [6.07, 6.45) is 0. The van der Waals surface area contributed by atoms with Crippen LogP contribution in [0.1, 0.15) is 17.0 Å². The van der Waals surface area contributed by atoms with E-state index in [0.717, 1.165) is 16.3 Å². The van der Waals surface area contributed by atoms with Gasteiger partial charge in [-0.25, -0.2) is 9.97 Å². The van der Waals surface area contributed by atoms with Gasteiger partial charge in [-0.15, -0.1) is 0 Å². The Labute approximate surface area is 110 Å². The molecule has 0 amide bonds. The molecule has 0 aliphatic rings. The molecule has 0 unspecified atom stereocenters. The summed E-state index contributed by atoms with van der Waals surface area (Å²) >= 11 is 1.43. The average Bonchev–Trinajstić information content (AvgIpc) is 2.27. The van der Waals surface area contributed by atoms with Gasteiger partial charge in [0.2, 0.25) is 0 Å². The number of nitrogens with zero attached hydrogens (tertiary/aromatic N) is 2. The fraction of sp³-hybridized carbons (Fsp3) is 0.154. The number of hydrogen-bond donors (Lipinski definition) is 2. The van der Waals surface area contributed by atoms with Gasteiger partial charge in [-0.05, 0) is 37.7 Å². The molecule has 0 saturated heterocycles. The van der Waals surface area contributed by atoms with Gasteiger partial charge in [0.05, 0.1) is 0 Å². The minimum absolute atomic E-state index is 0.0578. The molecule has 0 atom stereocenters. The van der Waals surface area contributed by atoms with Crippen molar-refractivity contribution in [3.63, 3.8) is 0 Å². The molecular formula is C13H14N4S. The summed E-state index contributed by atoms with van der Waals surface area (Å²) < 4.78 is 0. The van der Waals surface area contributed by atoms with Crippen molar-refractivity contribution in [1.82, 2.24) is 9.97 Å². The van der Waals surface area contributed by atoms with Crippen LogP contribution < -0.4 is 5.73 Å². The minimum Gasteiger partial charge on any atom is -0.384 e. The van der Waals surface area contributed by atoms with Crippen LogP contribution >= 0.6 is 11.8 Å². The van der Waals surface area contributed by atoms with Crippen LogP contribution in [-0.4, -0.2) is 15.8 Å². The standard InChI is InChI=1S/C13H14N4S/c1-8-7-9(2)17-13(16-8)18-11-6-4-3-5-10(11)12(14)15/h3-7H,1-2H3,(H3,14,15). The summed E-state index contributed by atoms with van der Waals surface area (Å²) in [6.45, 7) is 3.88. The lowest BCUT2D eigenvalue weighted by Crippen LogP contribution is -2.12. The molecule has 0 spiro atoms. The Bertz CT molecular complexity index is 575. The van der Waals surface area contributed by atoms with Gasteiger partial charge in [0.25, 0.3) is 0 Å². The van der Waals surface area contributed by atoms with E-state index in [9.17, 15) is 0 Å². The summed E-state index contributed by atoms with van der Waals surface area (Å²) in [7, 11) is 0. The second kappa shape index (κ2) is 5.18. The molecule has 0 fully saturated rings. The molecule has 18 heavy (non-hydrogen) atoms. The van der Waals surface area contributed by atoms with E-state index >= 15 is 0 Å². The fourth-order valence-corrected chi connectivity index (χ4v) is 2.63. The number of aromatic nitrogens is 2. The highest BCUT2D eigenvalue weighted by atomic mass is 32.2. The predicted molar refractivity (Wildman–Crippen MR) is 73.1 cm³/mol. The Kier molecular flexibility index (Phi) is 3.62. The monoisotopic (exact) mass is 258 g/mol. The second-order valence-corrected chi connectivity index (χ2v) is 4.95. The Hall–Kier alpha value is -1.88. The Morgan fingerprint density at radius 2 is 1.78 bits per heavy atom. The summed E-state index contributed by atoms with van der Waals surface area (Å²) in [5, 5.41) is 8.23. The van der Waals surface area contributed by atoms with E-state index in [1.54, 1.807) is 0 Å². The van der Waals surface area contributed by atoms with Crippen molar-refractivity contribution in [1.29, 1.82) is 5.41 Å². The average molecular weight is 258 g/mol. The Morgan fingerprint density at radius 3 is 2.39 bits per heavy atom. The van der Waals surface area contributed by atoms with E-state index in [1.165, 1.54) is 11.8 Å². The summed E-state index contributed by atoms with van der Waals surface area (Å²) in [5.74, 6) is 0.0578. The van der Waals surface area contributed by atoms with Crippen LogP contribution in [0.2, 0.25) is 0 Å². The third kappa shape index (κ3) is 2.87. The molecule has 92 valence electrons. The van der Waals surface area contributed by atoms with Crippen LogP contribution in [0.4, 0.5) is 0 Å². The molecule has 2 aromatic rings. The summed E-state index contributed by atoms with van der Waals surface area (Å²) in [5.41, 5.74) is 8.14. The normalized spacial score (nSPS) is 10.3. The van der Waals surface area contributed by atoms with Crippen LogP contribution in [0.3, 0.4) is 0 Å². The molecule has 1 aromatic heterocycles. The molecule has 0 saturated carbocycles. The number of hydrogen-bond acceptors (Lipinski definition) is 4. The minimum atomic E-state index is 0.0578. The molecule has 4 nitrogen and oxygen atoms in total. The van der Waals surface area contributed by atoms with Crippen molar-refractivity contribution in [2.24, 2.45) is 5.73 Å². The van der Waals surface area contributed by atoms with E-state index in [-0.39, 0.29) is 5.84 Å². The van der Waals surface area contributed by atoms with Crippen molar-refractivity contribution in [3.05, 3.63) is 47.3 Å². The zero-order valence-corrected chi connectivity index (χ0v) is 11.1. The van der Waals surface area contributed by atoms with Gasteiger partial charge in [0.15, 0.2) is 5.16 Å². The number of amidine groups is 1. The SMILES string of the molecule is Cc1cc(C)nc(Sc2ccccc2C(=N)N)n1. The first-order chi connectivity index (χ1) is 8.56. The van der Waals surface area contributed by atoms with Gasteiger partial charge in [-0.2, -0.15) is 0 Å². The lowest BCUT2D eigenvalue weighted by molar-refractivity contribution is 0.902. The van der Waals surface area contributed by atoms with Gasteiger partial charge in [-0.3, -0.25) is 5.41 Å². The molecule has 0 aliphatic heterocycles. The quantitative estimate of drug-likeness (QED) is 0.504. The van der Waals surface area contributed by atoms with E-state index in [4.69, 9.17) is 11.1 Å². The molecule has 5 heteroatoms. The fourth-order valence-electron chi connectivity index (χ4n) is 1.62. The predicted octanol–water partition coefficient (Wildman–Crippen LogP) is 2.53. The number of benzene rings is 1. The first-order valence-electron chi connectivity index (χ1n) is 5.50. The van der Waals surface area contributed by atoms with Gasteiger partial charge in [0, 0.05) is 21.8 Å². The molecular weight excluding hydrogens is 244 g/mol. The highest BCUT2D eigenvalue weighted by Crippen LogP contribution is 2.27. The lowest BCUT2D eigenvalue weighted by atomic mass is 10.2. The molecule has 2 rings (SSSR count). The third-order valence-electron chi connectivity index (χ3n) is 2.34. The number of aryl methyl sites for hydroxylation is 2. The van der Waals surface area contributed by atoms with Crippen molar-refractivity contribution < 1.29 is 0 Å². The summed E-state index contributed by atoms with van der Waals surface area (Å²) in [6, 6.07) is 9.46. The number of nitrogens with two attached hydrogens (primary N) is 1. The highest BCUT2D eigenvalue weighted by Gasteiger charge is 2.08. The lowest BCUT2D eigenvalue weighted by Gasteiger charge is -2.07. The van der Waals surface area contributed by atoms with Crippen LogP contribution in [0.5, 0.6) is 0 Å². The second-order valence-electron chi connectivity index (χ2n) is 3.95. The molecule has 0 bridgehead atoms. The molecule has 1 aromatic carbocycles. The highest BCUT2D eigenvalue weighted by molar-refractivity contribution is 7.99. The van der Waals surface area contributed by atoms with Gasteiger partial charge in [0.1, 0.15) is 5.84 Å². The first-order valence-corrected chi connectivity index (χ1v) is 6.31. The number of nitrogens with one attached hydrogen (secondary N) is 1. The number of rotatable bonds is 3. The maximum Gasteiger partial charge on any atom is 0.192 e. The van der Waals surface area contributed by atoms with E-state index in [0.29, 0.717) is 10.7 Å². The Morgan fingerprint density at radius 1 is 1.17 bits per heavy atom. The van der Waals surface area contributed by atoms with Gasteiger partial charge >= 0.3 is 0 Å². The van der Waals surface area contributed by atoms with E-state index in [2.05, 4.69) is 9.97 Å². The van der Waals surface area contributed by atoms with Gasteiger partial charge in [-0.1, -0.05) is 18.2 Å². The molecule has 1 heterocycles. The zero-order chi connectivity index (χ0) is 13.1. The largest absolute Gasteiger partial charge is 0.384 e. The van der Waals surface area contributed by atoms with Crippen LogP contribution in [0, 0.1) is 19.3 Å². The van der Waals surface area contributed by atoms with Crippen LogP contribution in [0.15, 0.2) is 40.4 Å².